The number of benzene rings is 1. The number of amides is 1. The maximum Gasteiger partial charge on any atom is 0.250 e. The summed E-state index contributed by atoms with van der Waals surface area (Å²) < 4.78 is 14.6. The Morgan fingerprint density at radius 3 is 2.82 bits per heavy atom. The Balaban J connectivity index is 0.00000176. The molecule has 2 heterocycles. The lowest BCUT2D eigenvalue weighted by molar-refractivity contribution is 0.100. The van der Waals surface area contributed by atoms with Gasteiger partial charge < -0.3 is 16.0 Å². The van der Waals surface area contributed by atoms with Crippen molar-refractivity contribution in [3.05, 3.63) is 33.7 Å². The molecule has 120 valence electrons. The fourth-order valence-electron chi connectivity index (χ4n) is 3.14. The predicted molar refractivity (Wildman–Crippen MR) is 88.6 cm³/mol. The highest BCUT2D eigenvalue weighted by atomic mass is 35.5. The van der Waals surface area contributed by atoms with Crippen LogP contribution in [0.5, 0.6) is 0 Å². The Morgan fingerprint density at radius 2 is 2.23 bits per heavy atom. The Hall–Kier alpha value is -1.30. The first-order valence-electron chi connectivity index (χ1n) is 7.01. The van der Waals surface area contributed by atoms with Crippen LogP contribution < -0.4 is 11.1 Å². The number of halogens is 3. The number of aryl methyl sites for hydroxylation is 1. The molecule has 0 radical (unpaired) electrons. The number of piperidine rings is 1. The zero-order valence-electron chi connectivity index (χ0n) is 12.1. The normalized spacial score (nSPS) is 18.2. The van der Waals surface area contributed by atoms with Gasteiger partial charge in [0.25, 0.3) is 5.91 Å². The maximum atomic E-state index is 14.6. The van der Waals surface area contributed by atoms with Crippen molar-refractivity contribution >= 4 is 40.8 Å². The van der Waals surface area contributed by atoms with E-state index in [0.717, 1.165) is 19.4 Å². The molecule has 1 unspecified atom stereocenters. The Morgan fingerprint density at radius 1 is 1.50 bits per heavy atom. The molecule has 7 heteroatoms. The molecular formula is C15H18Cl2FN3O. The minimum atomic E-state index is -0.662. The molecule has 0 saturated carbocycles. The van der Waals surface area contributed by atoms with E-state index in [-0.39, 0.29) is 23.9 Å². The molecule has 22 heavy (non-hydrogen) atoms. The summed E-state index contributed by atoms with van der Waals surface area (Å²) in [6, 6.07) is 1.22. The third kappa shape index (κ3) is 2.69. The van der Waals surface area contributed by atoms with Crippen molar-refractivity contribution in [3.63, 3.8) is 0 Å². The quantitative estimate of drug-likeness (QED) is 0.781. The van der Waals surface area contributed by atoms with Gasteiger partial charge in [0.05, 0.1) is 16.1 Å². The Kier molecular flexibility index (Phi) is 5.00. The molecule has 4 nitrogen and oxygen atoms in total. The highest BCUT2D eigenvalue weighted by Crippen LogP contribution is 2.39. The predicted octanol–water partition coefficient (Wildman–Crippen LogP) is 3.26. The second-order valence-electron chi connectivity index (χ2n) is 5.54. The number of hydrogen-bond acceptors (Lipinski definition) is 2. The van der Waals surface area contributed by atoms with Gasteiger partial charge in [-0.25, -0.2) is 4.39 Å². The third-order valence-corrected chi connectivity index (χ3v) is 4.62. The molecule has 1 fully saturated rings. The Labute approximate surface area is 139 Å². The number of H-pyrrole nitrogens is 1. The van der Waals surface area contributed by atoms with Crippen molar-refractivity contribution in [2.24, 2.45) is 5.73 Å². The van der Waals surface area contributed by atoms with Crippen LogP contribution in [0.2, 0.25) is 5.02 Å². The number of rotatable bonds is 2. The number of aromatic nitrogens is 1. The van der Waals surface area contributed by atoms with Gasteiger partial charge in [0.1, 0.15) is 5.82 Å². The van der Waals surface area contributed by atoms with E-state index < -0.39 is 11.7 Å². The van der Waals surface area contributed by atoms with Gasteiger partial charge in [-0.05, 0) is 32.4 Å². The van der Waals surface area contributed by atoms with Crippen molar-refractivity contribution in [3.8, 4) is 0 Å². The van der Waals surface area contributed by atoms with Gasteiger partial charge >= 0.3 is 0 Å². The van der Waals surface area contributed by atoms with E-state index in [1.165, 1.54) is 6.07 Å². The summed E-state index contributed by atoms with van der Waals surface area (Å²) in [6.07, 6.45) is 1.89. The third-order valence-electron chi connectivity index (χ3n) is 4.15. The topological polar surface area (TPSA) is 70.9 Å². The van der Waals surface area contributed by atoms with Crippen LogP contribution in [0.4, 0.5) is 4.39 Å². The molecule has 1 aromatic heterocycles. The highest BCUT2D eigenvalue weighted by Gasteiger charge is 2.26. The van der Waals surface area contributed by atoms with Gasteiger partial charge in [-0.2, -0.15) is 0 Å². The second kappa shape index (κ2) is 6.44. The largest absolute Gasteiger partial charge is 0.366 e. The van der Waals surface area contributed by atoms with Crippen LogP contribution in [0.15, 0.2) is 6.07 Å². The average Bonchev–Trinajstić information content (AvgIpc) is 2.75. The van der Waals surface area contributed by atoms with E-state index in [2.05, 4.69) is 10.3 Å². The molecule has 1 aromatic carbocycles. The molecule has 0 aliphatic carbocycles. The maximum absolute atomic E-state index is 14.6. The van der Waals surface area contributed by atoms with E-state index >= 15 is 0 Å². The van der Waals surface area contributed by atoms with E-state index in [9.17, 15) is 9.18 Å². The van der Waals surface area contributed by atoms with Crippen LogP contribution in [0.3, 0.4) is 0 Å². The molecule has 1 aliphatic rings. The number of nitrogens with two attached hydrogens (primary N) is 1. The number of hydrogen-bond donors (Lipinski definition) is 3. The van der Waals surface area contributed by atoms with E-state index in [1.54, 1.807) is 6.92 Å². The molecule has 1 amide bonds. The van der Waals surface area contributed by atoms with Crippen molar-refractivity contribution < 1.29 is 9.18 Å². The lowest BCUT2D eigenvalue weighted by Gasteiger charge is -2.24. The molecule has 4 N–H and O–H groups in total. The average molecular weight is 346 g/mol. The van der Waals surface area contributed by atoms with Crippen LogP contribution in [-0.4, -0.2) is 24.0 Å². The summed E-state index contributed by atoms with van der Waals surface area (Å²) in [7, 11) is 0. The summed E-state index contributed by atoms with van der Waals surface area (Å²) in [5, 5.41) is 4.34. The summed E-state index contributed by atoms with van der Waals surface area (Å²) in [5.41, 5.74) is 7.33. The zero-order chi connectivity index (χ0) is 15.1. The molecule has 1 atom stereocenters. The monoisotopic (exact) mass is 345 g/mol. The van der Waals surface area contributed by atoms with Crippen LogP contribution >= 0.6 is 24.0 Å². The minimum absolute atomic E-state index is 0. The van der Waals surface area contributed by atoms with Crippen molar-refractivity contribution in [1.82, 2.24) is 10.3 Å². The number of primary amides is 1. The molecule has 2 aromatic rings. The van der Waals surface area contributed by atoms with Gasteiger partial charge in [-0.15, -0.1) is 12.4 Å². The van der Waals surface area contributed by atoms with Gasteiger partial charge in [-0.1, -0.05) is 11.6 Å². The fraction of sp³-hybridized carbons (Fsp3) is 0.400. The number of fused-ring (bicyclic) bond motifs is 1. The molecule has 3 rings (SSSR count). The van der Waals surface area contributed by atoms with Crippen LogP contribution in [0.1, 0.15) is 40.4 Å². The SMILES string of the molecule is Cc1[nH]c2c(C(N)=O)cc(F)c(C3CCCNC3)c2c1Cl.Cl. The van der Waals surface area contributed by atoms with Crippen molar-refractivity contribution in [2.45, 2.75) is 25.7 Å². The molecule has 0 bridgehead atoms. The van der Waals surface area contributed by atoms with Crippen molar-refractivity contribution in [1.29, 1.82) is 0 Å². The molecule has 0 spiro atoms. The van der Waals surface area contributed by atoms with Gasteiger partial charge in [0.15, 0.2) is 0 Å². The summed E-state index contributed by atoms with van der Waals surface area (Å²) >= 11 is 6.34. The van der Waals surface area contributed by atoms with E-state index in [4.69, 9.17) is 17.3 Å². The molecule has 1 saturated heterocycles. The first-order chi connectivity index (χ1) is 10.0. The highest BCUT2D eigenvalue weighted by molar-refractivity contribution is 6.37. The van der Waals surface area contributed by atoms with Crippen LogP contribution in [0, 0.1) is 12.7 Å². The zero-order valence-corrected chi connectivity index (χ0v) is 13.7. The van der Waals surface area contributed by atoms with Crippen LogP contribution in [0.25, 0.3) is 10.9 Å². The van der Waals surface area contributed by atoms with Gasteiger partial charge in [0.2, 0.25) is 0 Å². The lowest BCUT2D eigenvalue weighted by atomic mass is 9.88. The smallest absolute Gasteiger partial charge is 0.250 e. The van der Waals surface area contributed by atoms with E-state index in [0.29, 0.717) is 33.7 Å². The number of carbonyl (C=O) groups is 1. The minimum Gasteiger partial charge on any atom is -0.366 e. The standard InChI is InChI=1S/C15H17ClFN3O.ClH/c1-7-13(16)12-11(8-3-2-4-19-6-8)10(17)5-9(15(18)21)14(12)20-7;/h5,8,19-20H,2-4,6H2,1H3,(H2,18,21);1H. The van der Waals surface area contributed by atoms with E-state index in [1.807, 2.05) is 0 Å². The first-order valence-corrected chi connectivity index (χ1v) is 7.39. The molecular weight excluding hydrogens is 328 g/mol. The summed E-state index contributed by atoms with van der Waals surface area (Å²) in [5.74, 6) is -1.02. The van der Waals surface area contributed by atoms with Crippen LogP contribution in [-0.2, 0) is 0 Å². The van der Waals surface area contributed by atoms with Gasteiger partial charge in [-0.3, -0.25) is 4.79 Å². The number of nitrogens with one attached hydrogen (secondary N) is 2. The number of carbonyl (C=O) groups excluding carboxylic acids is 1. The number of aromatic amines is 1. The Bertz CT molecular complexity index is 723. The second-order valence-corrected chi connectivity index (χ2v) is 5.92. The summed E-state index contributed by atoms with van der Waals surface area (Å²) in [4.78, 5) is 14.6. The molecule has 1 aliphatic heterocycles. The fourth-order valence-corrected chi connectivity index (χ4v) is 3.39. The lowest BCUT2D eigenvalue weighted by Crippen LogP contribution is -2.29. The van der Waals surface area contributed by atoms with Gasteiger partial charge in [0, 0.05) is 29.1 Å². The first kappa shape index (κ1) is 17.1. The van der Waals surface area contributed by atoms with Crippen molar-refractivity contribution in [2.75, 3.05) is 13.1 Å². The summed E-state index contributed by atoms with van der Waals surface area (Å²) in [6.45, 7) is 3.46.